The van der Waals surface area contributed by atoms with Gasteiger partial charge in [0.05, 0.1) is 35.1 Å². The summed E-state index contributed by atoms with van der Waals surface area (Å²) >= 11 is 0. The van der Waals surface area contributed by atoms with E-state index in [0.29, 0.717) is 0 Å². The van der Waals surface area contributed by atoms with Gasteiger partial charge in [-0.2, -0.15) is 10.2 Å². The second kappa shape index (κ2) is 7.28. The molecule has 0 saturated heterocycles. The number of rotatable bonds is 5. The van der Waals surface area contributed by atoms with Crippen LogP contribution < -0.4 is 0 Å². The Kier molecular flexibility index (Phi) is 4.43. The van der Waals surface area contributed by atoms with Gasteiger partial charge in [0.1, 0.15) is 5.69 Å². The Hall–Kier alpha value is -4.13. The molecule has 4 aromatic heterocycles. The molecular weight excluding hydrogens is 386 g/mol. The standard InChI is InChI=1S/C24H23N7/c1-5-6-23(31-12-15(2)25-14-31)19-10-22(27-16(19)3)24-20-9-17(7-8-21(20)28-29-24)18-11-26-30(4)13-18/h5-14,27H,1H2,2-4H3,(H,28,29)/b23-6+. The van der Waals surface area contributed by atoms with Gasteiger partial charge in [0.25, 0.3) is 0 Å². The van der Waals surface area contributed by atoms with E-state index in [1.807, 2.05) is 54.2 Å². The number of aromatic amines is 2. The number of nitrogens with zero attached hydrogens (tertiary/aromatic N) is 5. The van der Waals surface area contributed by atoms with Crippen LogP contribution in [0.4, 0.5) is 0 Å². The van der Waals surface area contributed by atoms with Crippen LogP contribution in [0, 0.1) is 13.8 Å². The summed E-state index contributed by atoms with van der Waals surface area (Å²) in [6, 6.07) is 8.42. The van der Waals surface area contributed by atoms with E-state index in [-0.39, 0.29) is 0 Å². The molecule has 154 valence electrons. The molecule has 0 aliphatic rings. The maximum Gasteiger partial charge on any atom is 0.116 e. The molecular formula is C24H23N7. The Bertz CT molecular complexity index is 1440. The summed E-state index contributed by atoms with van der Waals surface area (Å²) < 4.78 is 3.82. The maximum absolute atomic E-state index is 4.61. The van der Waals surface area contributed by atoms with Gasteiger partial charge in [0.15, 0.2) is 0 Å². The first-order valence-corrected chi connectivity index (χ1v) is 10.0. The van der Waals surface area contributed by atoms with Crippen molar-refractivity contribution in [3.05, 3.63) is 84.9 Å². The van der Waals surface area contributed by atoms with Crippen LogP contribution in [0.3, 0.4) is 0 Å². The van der Waals surface area contributed by atoms with E-state index in [1.165, 1.54) is 0 Å². The molecule has 0 atom stereocenters. The van der Waals surface area contributed by atoms with Crippen LogP contribution in [-0.2, 0) is 7.05 Å². The van der Waals surface area contributed by atoms with E-state index in [0.717, 1.165) is 56.1 Å². The molecule has 7 nitrogen and oxygen atoms in total. The Labute approximate surface area is 179 Å². The van der Waals surface area contributed by atoms with Crippen molar-refractivity contribution < 1.29 is 0 Å². The molecule has 4 heterocycles. The third-order valence-corrected chi connectivity index (χ3v) is 5.41. The Morgan fingerprint density at radius 1 is 1.13 bits per heavy atom. The zero-order chi connectivity index (χ0) is 21.5. The maximum atomic E-state index is 4.61. The van der Waals surface area contributed by atoms with Gasteiger partial charge < -0.3 is 9.55 Å². The summed E-state index contributed by atoms with van der Waals surface area (Å²) in [7, 11) is 1.92. The van der Waals surface area contributed by atoms with Gasteiger partial charge in [-0.1, -0.05) is 18.7 Å². The van der Waals surface area contributed by atoms with Gasteiger partial charge in [-0.05, 0) is 43.7 Å². The van der Waals surface area contributed by atoms with Crippen molar-refractivity contribution in [1.82, 2.24) is 34.5 Å². The summed E-state index contributed by atoms with van der Waals surface area (Å²) in [5, 5.41) is 13.1. The van der Waals surface area contributed by atoms with Gasteiger partial charge in [-0.25, -0.2) is 4.98 Å². The highest BCUT2D eigenvalue weighted by Crippen LogP contribution is 2.33. The third kappa shape index (κ3) is 3.30. The first-order valence-electron chi connectivity index (χ1n) is 10.0. The Morgan fingerprint density at radius 2 is 2.00 bits per heavy atom. The fraction of sp³-hybridized carbons (Fsp3) is 0.125. The molecule has 0 spiro atoms. The van der Waals surface area contributed by atoms with Crippen LogP contribution in [0.15, 0.2) is 67.9 Å². The van der Waals surface area contributed by atoms with Crippen LogP contribution in [-0.4, -0.2) is 34.5 Å². The number of benzene rings is 1. The highest BCUT2D eigenvalue weighted by molar-refractivity contribution is 5.95. The van der Waals surface area contributed by atoms with Crippen LogP contribution in [0.2, 0.25) is 0 Å². The molecule has 5 aromatic rings. The van der Waals surface area contributed by atoms with E-state index in [9.17, 15) is 0 Å². The highest BCUT2D eigenvalue weighted by Gasteiger charge is 2.16. The van der Waals surface area contributed by atoms with Crippen LogP contribution >= 0.6 is 0 Å². The number of hydrogen-bond donors (Lipinski definition) is 2. The summed E-state index contributed by atoms with van der Waals surface area (Å²) in [4.78, 5) is 7.88. The lowest BCUT2D eigenvalue weighted by atomic mass is 10.0. The monoisotopic (exact) mass is 409 g/mol. The van der Waals surface area contributed by atoms with Gasteiger partial charge in [0, 0.05) is 41.6 Å². The van der Waals surface area contributed by atoms with E-state index >= 15 is 0 Å². The molecule has 0 fully saturated rings. The van der Waals surface area contributed by atoms with Crippen LogP contribution in [0.5, 0.6) is 0 Å². The van der Waals surface area contributed by atoms with E-state index in [4.69, 9.17) is 0 Å². The lowest BCUT2D eigenvalue weighted by molar-refractivity contribution is 0.768. The molecule has 5 rings (SSSR count). The Morgan fingerprint density at radius 3 is 2.71 bits per heavy atom. The lowest BCUT2D eigenvalue weighted by Crippen LogP contribution is -1.96. The number of aromatic nitrogens is 7. The second-order valence-corrected chi connectivity index (χ2v) is 7.67. The number of aryl methyl sites for hydroxylation is 3. The lowest BCUT2D eigenvalue weighted by Gasteiger charge is -2.07. The minimum absolute atomic E-state index is 0.884. The first-order chi connectivity index (χ1) is 15.0. The van der Waals surface area contributed by atoms with E-state index in [1.54, 1.807) is 6.08 Å². The molecule has 2 N–H and O–H groups in total. The fourth-order valence-electron chi connectivity index (χ4n) is 3.90. The van der Waals surface area contributed by atoms with Crippen molar-refractivity contribution in [2.24, 2.45) is 7.05 Å². The smallest absolute Gasteiger partial charge is 0.116 e. The quantitative estimate of drug-likeness (QED) is 0.407. The fourth-order valence-corrected chi connectivity index (χ4v) is 3.90. The van der Waals surface area contributed by atoms with E-state index in [2.05, 4.69) is 63.0 Å². The van der Waals surface area contributed by atoms with Crippen molar-refractivity contribution in [2.75, 3.05) is 0 Å². The topological polar surface area (TPSA) is 80.1 Å². The number of nitrogens with one attached hydrogen (secondary N) is 2. The highest BCUT2D eigenvalue weighted by atomic mass is 15.2. The molecule has 0 aliphatic carbocycles. The number of allylic oxidation sites excluding steroid dienone is 2. The van der Waals surface area contributed by atoms with Crippen LogP contribution in [0.25, 0.3) is 39.1 Å². The van der Waals surface area contributed by atoms with Crippen molar-refractivity contribution in [2.45, 2.75) is 13.8 Å². The molecule has 0 unspecified atom stereocenters. The van der Waals surface area contributed by atoms with Gasteiger partial charge >= 0.3 is 0 Å². The number of fused-ring (bicyclic) bond motifs is 1. The van der Waals surface area contributed by atoms with E-state index < -0.39 is 0 Å². The van der Waals surface area contributed by atoms with Crippen molar-refractivity contribution in [3.63, 3.8) is 0 Å². The molecule has 0 aliphatic heterocycles. The number of hydrogen-bond acceptors (Lipinski definition) is 3. The van der Waals surface area contributed by atoms with Crippen molar-refractivity contribution in [1.29, 1.82) is 0 Å². The summed E-state index contributed by atoms with van der Waals surface area (Å²) in [5.74, 6) is 0. The van der Waals surface area contributed by atoms with Crippen molar-refractivity contribution in [3.8, 4) is 22.5 Å². The largest absolute Gasteiger partial charge is 0.357 e. The molecule has 1 aromatic carbocycles. The molecule has 7 heteroatoms. The predicted octanol–water partition coefficient (Wildman–Crippen LogP) is 4.85. The van der Waals surface area contributed by atoms with Crippen molar-refractivity contribution >= 4 is 16.6 Å². The SMILES string of the molecule is C=C/C=C(\c1cc(-c2n[nH]c3ccc(-c4cnn(C)c4)cc23)[nH]c1C)n1cnc(C)c1. The normalized spacial score (nSPS) is 12.0. The molecule has 0 amide bonds. The first kappa shape index (κ1) is 18.9. The summed E-state index contributed by atoms with van der Waals surface area (Å²) in [5.41, 5.74) is 9.10. The van der Waals surface area contributed by atoms with Gasteiger partial charge in [-0.3, -0.25) is 9.78 Å². The summed E-state index contributed by atoms with van der Waals surface area (Å²) in [6.45, 7) is 7.93. The van der Waals surface area contributed by atoms with Gasteiger partial charge in [0.2, 0.25) is 0 Å². The third-order valence-electron chi connectivity index (χ3n) is 5.41. The molecule has 0 radical (unpaired) electrons. The van der Waals surface area contributed by atoms with Gasteiger partial charge in [-0.15, -0.1) is 0 Å². The average molecular weight is 409 g/mol. The number of imidazole rings is 1. The minimum Gasteiger partial charge on any atom is -0.357 e. The average Bonchev–Trinajstić information content (AvgIpc) is 3.53. The minimum atomic E-state index is 0.884. The predicted molar refractivity (Wildman–Crippen MR) is 123 cm³/mol. The zero-order valence-electron chi connectivity index (χ0n) is 17.7. The molecule has 0 saturated carbocycles. The molecule has 31 heavy (non-hydrogen) atoms. The number of H-pyrrole nitrogens is 2. The zero-order valence-corrected chi connectivity index (χ0v) is 17.7. The molecule has 0 bridgehead atoms. The second-order valence-electron chi connectivity index (χ2n) is 7.67. The summed E-state index contributed by atoms with van der Waals surface area (Å²) in [6.07, 6.45) is 11.5. The Balaban J connectivity index is 1.61. The van der Waals surface area contributed by atoms with Crippen LogP contribution in [0.1, 0.15) is 17.0 Å².